The van der Waals surface area contributed by atoms with Gasteiger partial charge in [-0.05, 0) is 22.4 Å². The van der Waals surface area contributed by atoms with Gasteiger partial charge in [0.2, 0.25) is 0 Å². The molecule has 5 heteroatoms. The summed E-state index contributed by atoms with van der Waals surface area (Å²) >= 11 is 0. The molecule has 0 radical (unpaired) electrons. The second-order valence-corrected chi connectivity index (χ2v) is 6.51. The molecule has 0 aliphatic heterocycles. The quantitative estimate of drug-likeness (QED) is 0.527. The van der Waals surface area contributed by atoms with Gasteiger partial charge >= 0.3 is 0 Å². The molecule has 0 fully saturated rings. The Hall–Kier alpha value is -3.73. The lowest BCUT2D eigenvalue weighted by atomic mass is 10.0. The van der Waals surface area contributed by atoms with Gasteiger partial charge < -0.3 is 5.73 Å². The molecule has 0 aliphatic carbocycles. The van der Waals surface area contributed by atoms with E-state index in [0.717, 1.165) is 33.2 Å². The molecule has 2 aromatic heterocycles. The normalized spacial score (nSPS) is 11.3. The number of hydrogen-bond acceptors (Lipinski definition) is 4. The van der Waals surface area contributed by atoms with Crippen LogP contribution in [0.15, 0.2) is 79.1 Å². The summed E-state index contributed by atoms with van der Waals surface area (Å²) in [4.78, 5) is 8.65. The Morgan fingerprint density at radius 3 is 2.44 bits per heavy atom. The fourth-order valence-electron chi connectivity index (χ4n) is 3.44. The first-order chi connectivity index (χ1) is 13.3. The number of nitrogens with two attached hydrogens (primary N) is 1. The van der Waals surface area contributed by atoms with Crippen molar-refractivity contribution in [2.45, 2.75) is 6.54 Å². The number of benzene rings is 3. The zero-order chi connectivity index (χ0) is 18.2. The third-order valence-corrected chi connectivity index (χ3v) is 4.76. The standard InChI is InChI=1S/C22H17N5/c23-21-19-20(18-11-10-16-8-4-5-9-17(16)12-18)26-27(22(19)25-14-24-21)13-15-6-2-1-3-7-15/h1-12,14H,13H2,(H2,23,24,25). The van der Waals surface area contributed by atoms with Gasteiger partial charge in [0.05, 0.1) is 11.9 Å². The first-order valence-corrected chi connectivity index (χ1v) is 8.80. The van der Waals surface area contributed by atoms with Crippen molar-refractivity contribution in [3.05, 3.63) is 84.7 Å². The molecule has 0 saturated carbocycles. The molecule has 0 amide bonds. The molecule has 5 nitrogen and oxygen atoms in total. The highest BCUT2D eigenvalue weighted by atomic mass is 15.3. The number of anilines is 1. The molecule has 0 atom stereocenters. The van der Waals surface area contributed by atoms with E-state index in [2.05, 4.69) is 52.4 Å². The minimum absolute atomic E-state index is 0.447. The molecule has 0 aliphatic rings. The van der Waals surface area contributed by atoms with E-state index in [0.29, 0.717) is 12.4 Å². The van der Waals surface area contributed by atoms with Crippen molar-refractivity contribution in [2.75, 3.05) is 5.73 Å². The average molecular weight is 351 g/mol. The van der Waals surface area contributed by atoms with Crippen LogP contribution in [0.2, 0.25) is 0 Å². The second-order valence-electron chi connectivity index (χ2n) is 6.51. The van der Waals surface area contributed by atoms with Gasteiger partial charge in [-0.15, -0.1) is 0 Å². The fraction of sp³-hybridized carbons (Fsp3) is 0.0455. The molecule has 0 saturated heterocycles. The molecule has 5 aromatic rings. The number of fused-ring (bicyclic) bond motifs is 2. The molecule has 27 heavy (non-hydrogen) atoms. The average Bonchev–Trinajstić information content (AvgIpc) is 3.08. The van der Waals surface area contributed by atoms with Crippen LogP contribution in [0.4, 0.5) is 5.82 Å². The van der Waals surface area contributed by atoms with Crippen LogP contribution >= 0.6 is 0 Å². The summed E-state index contributed by atoms with van der Waals surface area (Å²) in [6.07, 6.45) is 1.49. The summed E-state index contributed by atoms with van der Waals surface area (Å²) in [5.74, 6) is 0.447. The van der Waals surface area contributed by atoms with Crippen LogP contribution in [0.25, 0.3) is 33.1 Å². The SMILES string of the molecule is Nc1ncnc2c1c(-c1ccc3ccccc3c1)nn2Cc1ccccc1. The fourth-order valence-corrected chi connectivity index (χ4v) is 3.44. The van der Waals surface area contributed by atoms with Crippen molar-refractivity contribution in [1.82, 2.24) is 19.7 Å². The number of hydrogen-bond donors (Lipinski definition) is 1. The number of aromatic nitrogens is 4. The number of nitrogen functional groups attached to an aromatic ring is 1. The lowest BCUT2D eigenvalue weighted by Gasteiger charge is -2.03. The van der Waals surface area contributed by atoms with E-state index >= 15 is 0 Å². The highest BCUT2D eigenvalue weighted by molar-refractivity contribution is 6.00. The van der Waals surface area contributed by atoms with Gasteiger partial charge in [-0.25, -0.2) is 14.6 Å². The van der Waals surface area contributed by atoms with Crippen molar-refractivity contribution >= 4 is 27.6 Å². The summed E-state index contributed by atoms with van der Waals surface area (Å²) in [5.41, 5.74) is 9.93. The minimum atomic E-state index is 0.447. The van der Waals surface area contributed by atoms with Gasteiger partial charge in [0.15, 0.2) is 5.65 Å². The summed E-state index contributed by atoms with van der Waals surface area (Å²) in [6, 6.07) is 24.8. The Kier molecular flexibility index (Phi) is 3.57. The monoisotopic (exact) mass is 351 g/mol. The predicted octanol–water partition coefficient (Wildman–Crippen LogP) is 4.28. The van der Waals surface area contributed by atoms with Crippen molar-refractivity contribution in [1.29, 1.82) is 0 Å². The van der Waals surface area contributed by atoms with E-state index in [4.69, 9.17) is 10.8 Å². The molecule has 2 heterocycles. The lowest BCUT2D eigenvalue weighted by molar-refractivity contribution is 0.706. The Morgan fingerprint density at radius 1 is 0.815 bits per heavy atom. The third-order valence-electron chi connectivity index (χ3n) is 4.76. The lowest BCUT2D eigenvalue weighted by Crippen LogP contribution is -2.03. The van der Waals surface area contributed by atoms with Gasteiger partial charge in [-0.2, -0.15) is 5.10 Å². The molecule has 2 N–H and O–H groups in total. The van der Waals surface area contributed by atoms with Gasteiger partial charge in [-0.1, -0.05) is 66.7 Å². The van der Waals surface area contributed by atoms with Crippen LogP contribution in [0.5, 0.6) is 0 Å². The maximum Gasteiger partial charge on any atom is 0.164 e. The smallest absolute Gasteiger partial charge is 0.164 e. The van der Waals surface area contributed by atoms with E-state index in [9.17, 15) is 0 Å². The largest absolute Gasteiger partial charge is 0.383 e. The number of rotatable bonds is 3. The summed E-state index contributed by atoms with van der Waals surface area (Å²) in [5, 5.41) is 8.01. The highest BCUT2D eigenvalue weighted by Crippen LogP contribution is 2.32. The van der Waals surface area contributed by atoms with Crippen LogP contribution < -0.4 is 5.73 Å². The second kappa shape index (κ2) is 6.21. The first kappa shape index (κ1) is 15.5. The Balaban J connectivity index is 1.71. The summed E-state index contributed by atoms with van der Waals surface area (Å²) in [7, 11) is 0. The van der Waals surface area contributed by atoms with Crippen molar-refractivity contribution in [3.63, 3.8) is 0 Å². The van der Waals surface area contributed by atoms with E-state index < -0.39 is 0 Å². The van der Waals surface area contributed by atoms with E-state index in [1.807, 2.05) is 35.0 Å². The van der Waals surface area contributed by atoms with Crippen LogP contribution in [0.1, 0.15) is 5.56 Å². The molecule has 5 rings (SSSR count). The first-order valence-electron chi connectivity index (χ1n) is 8.80. The van der Waals surface area contributed by atoms with Crippen LogP contribution in [0, 0.1) is 0 Å². The maximum atomic E-state index is 6.21. The van der Waals surface area contributed by atoms with E-state index in [1.54, 1.807) is 0 Å². The van der Waals surface area contributed by atoms with E-state index in [-0.39, 0.29) is 0 Å². The number of nitrogens with zero attached hydrogens (tertiary/aromatic N) is 4. The molecule has 3 aromatic carbocycles. The molecular formula is C22H17N5. The maximum absolute atomic E-state index is 6.21. The van der Waals surface area contributed by atoms with Gasteiger partial charge in [0.1, 0.15) is 17.8 Å². The van der Waals surface area contributed by atoms with Crippen molar-refractivity contribution in [2.24, 2.45) is 0 Å². The minimum Gasteiger partial charge on any atom is -0.383 e. The molecule has 0 bridgehead atoms. The third kappa shape index (κ3) is 2.69. The highest BCUT2D eigenvalue weighted by Gasteiger charge is 2.17. The van der Waals surface area contributed by atoms with Crippen LogP contribution in [-0.4, -0.2) is 19.7 Å². The zero-order valence-electron chi connectivity index (χ0n) is 14.6. The Labute approximate surface area is 156 Å². The molecular weight excluding hydrogens is 334 g/mol. The molecule has 130 valence electrons. The van der Waals surface area contributed by atoms with Gasteiger partial charge in [0.25, 0.3) is 0 Å². The topological polar surface area (TPSA) is 69.6 Å². The van der Waals surface area contributed by atoms with Crippen LogP contribution in [-0.2, 0) is 6.54 Å². The van der Waals surface area contributed by atoms with Gasteiger partial charge in [-0.3, -0.25) is 0 Å². The Bertz CT molecular complexity index is 1260. The van der Waals surface area contributed by atoms with E-state index in [1.165, 1.54) is 11.7 Å². The van der Waals surface area contributed by atoms with Crippen molar-refractivity contribution < 1.29 is 0 Å². The summed E-state index contributed by atoms with van der Waals surface area (Å²) < 4.78 is 1.90. The summed E-state index contributed by atoms with van der Waals surface area (Å²) in [6.45, 7) is 0.626. The van der Waals surface area contributed by atoms with Crippen molar-refractivity contribution in [3.8, 4) is 11.3 Å². The Morgan fingerprint density at radius 2 is 1.59 bits per heavy atom. The predicted molar refractivity (Wildman–Crippen MR) is 108 cm³/mol. The molecule has 0 spiro atoms. The van der Waals surface area contributed by atoms with Crippen LogP contribution in [0.3, 0.4) is 0 Å². The molecule has 0 unspecified atom stereocenters. The van der Waals surface area contributed by atoms with Gasteiger partial charge in [0, 0.05) is 5.56 Å². The zero-order valence-corrected chi connectivity index (χ0v) is 14.6.